The van der Waals surface area contributed by atoms with E-state index in [0.717, 1.165) is 5.56 Å². The fraction of sp³-hybridized carbons (Fsp3) is 0.333. The maximum atomic E-state index is 12.8. The molecule has 1 amide bonds. The molecule has 1 aliphatic rings. The van der Waals surface area contributed by atoms with Crippen molar-refractivity contribution >= 4 is 15.9 Å². The van der Waals surface area contributed by atoms with Crippen LogP contribution in [0, 0.1) is 0 Å². The van der Waals surface area contributed by atoms with Crippen molar-refractivity contribution in [2.75, 3.05) is 20.1 Å². The Bertz CT molecular complexity index is 834. The topological polar surface area (TPSA) is 70.6 Å². The molecule has 0 aliphatic carbocycles. The maximum Gasteiger partial charge on any atom is 0.253 e. The lowest BCUT2D eigenvalue weighted by atomic mass is 10.1. The zero-order valence-corrected chi connectivity index (χ0v) is 15.1. The Hall–Kier alpha value is -2.25. The van der Waals surface area contributed by atoms with Crippen LogP contribution in [0.3, 0.4) is 0 Å². The van der Waals surface area contributed by atoms with Gasteiger partial charge in [-0.1, -0.05) is 18.2 Å². The summed E-state index contributed by atoms with van der Waals surface area (Å²) >= 11 is 0. The number of carbonyl (C=O) groups excluding carboxylic acids is 1. The monoisotopic (exact) mass is 359 g/mol. The number of amides is 1. The number of pyridine rings is 1. The maximum absolute atomic E-state index is 12.8. The molecule has 6 nitrogen and oxygen atoms in total. The number of rotatable bonds is 5. The molecule has 1 fully saturated rings. The molecule has 3 rings (SSSR count). The van der Waals surface area contributed by atoms with Gasteiger partial charge >= 0.3 is 0 Å². The summed E-state index contributed by atoms with van der Waals surface area (Å²) in [6.45, 7) is 2.30. The molecule has 0 saturated carbocycles. The molecule has 0 spiro atoms. The number of carbonyl (C=O) groups is 1. The number of sulfonamides is 1. The molecule has 7 heteroatoms. The molecule has 1 aromatic carbocycles. The van der Waals surface area contributed by atoms with Crippen LogP contribution in [-0.4, -0.2) is 53.9 Å². The lowest BCUT2D eigenvalue weighted by molar-refractivity contribution is 0.0655. The van der Waals surface area contributed by atoms with Crippen LogP contribution >= 0.6 is 0 Å². The van der Waals surface area contributed by atoms with Crippen molar-refractivity contribution in [3.63, 3.8) is 0 Å². The van der Waals surface area contributed by atoms with E-state index in [1.165, 1.54) is 4.31 Å². The molecule has 25 heavy (non-hydrogen) atoms. The van der Waals surface area contributed by atoms with Gasteiger partial charge in [0.05, 0.1) is 0 Å². The minimum atomic E-state index is -3.48. The first-order valence-corrected chi connectivity index (χ1v) is 9.62. The molecule has 2 heterocycles. The summed E-state index contributed by atoms with van der Waals surface area (Å²) in [5.41, 5.74) is 1.47. The van der Waals surface area contributed by atoms with Crippen molar-refractivity contribution in [1.82, 2.24) is 14.2 Å². The van der Waals surface area contributed by atoms with E-state index < -0.39 is 15.3 Å². The van der Waals surface area contributed by atoms with Crippen molar-refractivity contribution in [3.8, 4) is 0 Å². The van der Waals surface area contributed by atoms with Gasteiger partial charge in [0.25, 0.3) is 5.91 Å². The molecule has 0 unspecified atom stereocenters. The van der Waals surface area contributed by atoms with E-state index in [0.29, 0.717) is 5.56 Å². The zero-order chi connectivity index (χ0) is 18.0. The third-order valence-electron chi connectivity index (χ3n) is 4.71. The number of hydrogen-bond acceptors (Lipinski definition) is 4. The fourth-order valence-electron chi connectivity index (χ4n) is 2.86. The third kappa shape index (κ3) is 3.43. The summed E-state index contributed by atoms with van der Waals surface area (Å²) in [4.78, 5) is 17.9. The predicted molar refractivity (Wildman–Crippen MR) is 95.5 cm³/mol. The van der Waals surface area contributed by atoms with Crippen LogP contribution in [-0.2, 0) is 10.0 Å². The quantitative estimate of drug-likeness (QED) is 0.818. The van der Waals surface area contributed by atoms with Crippen molar-refractivity contribution < 1.29 is 13.2 Å². The number of nitrogens with zero attached hydrogens (tertiary/aromatic N) is 3. The minimum Gasteiger partial charge on any atom is -0.336 e. The second-order valence-electron chi connectivity index (χ2n) is 6.22. The molecular formula is C18H21N3O3S. The summed E-state index contributed by atoms with van der Waals surface area (Å²) in [7, 11) is -1.89. The van der Waals surface area contributed by atoms with Gasteiger partial charge in [-0.25, -0.2) is 8.42 Å². The summed E-state index contributed by atoms with van der Waals surface area (Å²) in [6, 6.07) is 12.2. The van der Waals surface area contributed by atoms with Crippen molar-refractivity contribution in [3.05, 3.63) is 66.0 Å². The average Bonchev–Trinajstić information content (AvgIpc) is 2.60. The van der Waals surface area contributed by atoms with E-state index in [-0.39, 0.29) is 25.0 Å². The van der Waals surface area contributed by atoms with E-state index in [1.54, 1.807) is 48.6 Å². The first-order valence-electron chi connectivity index (χ1n) is 8.12. The van der Waals surface area contributed by atoms with E-state index in [4.69, 9.17) is 0 Å². The largest absolute Gasteiger partial charge is 0.336 e. The second-order valence-corrected chi connectivity index (χ2v) is 8.49. The van der Waals surface area contributed by atoms with E-state index >= 15 is 0 Å². The van der Waals surface area contributed by atoms with Gasteiger partial charge < -0.3 is 4.90 Å². The number of hydrogen-bond donors (Lipinski definition) is 0. The lowest BCUT2D eigenvalue weighted by Crippen LogP contribution is -2.59. The molecule has 1 aliphatic heterocycles. The van der Waals surface area contributed by atoms with Crippen molar-refractivity contribution in [2.45, 2.75) is 18.2 Å². The van der Waals surface area contributed by atoms with Gasteiger partial charge in [0.1, 0.15) is 5.25 Å². The highest BCUT2D eigenvalue weighted by Crippen LogP contribution is 2.27. The van der Waals surface area contributed by atoms with Crippen LogP contribution < -0.4 is 0 Å². The predicted octanol–water partition coefficient (Wildman–Crippen LogP) is 1.93. The summed E-state index contributed by atoms with van der Waals surface area (Å²) in [6.07, 6.45) is 3.30. The van der Waals surface area contributed by atoms with Crippen LogP contribution in [0.25, 0.3) is 0 Å². The first kappa shape index (κ1) is 17.6. The molecule has 132 valence electrons. The van der Waals surface area contributed by atoms with E-state index in [9.17, 15) is 13.2 Å². The minimum absolute atomic E-state index is 0.128. The first-order chi connectivity index (χ1) is 11.9. The zero-order valence-electron chi connectivity index (χ0n) is 14.2. The van der Waals surface area contributed by atoms with Crippen molar-refractivity contribution in [2.24, 2.45) is 0 Å². The Kier molecular flexibility index (Phi) is 4.87. The van der Waals surface area contributed by atoms with Gasteiger partial charge in [0.15, 0.2) is 0 Å². The molecule has 1 atom stereocenters. The van der Waals surface area contributed by atoms with Gasteiger partial charge in [-0.3, -0.25) is 9.78 Å². The SMILES string of the molecule is C[C@@H](c1ccncc1)N(C)S(=O)(=O)C1CN(C(=O)c2ccccc2)C1. The Morgan fingerprint density at radius 3 is 2.36 bits per heavy atom. The van der Waals surface area contributed by atoms with Crippen LogP contribution in [0.5, 0.6) is 0 Å². The van der Waals surface area contributed by atoms with Crippen LogP contribution in [0.1, 0.15) is 28.9 Å². The summed E-state index contributed by atoms with van der Waals surface area (Å²) < 4.78 is 27.0. The van der Waals surface area contributed by atoms with Crippen LogP contribution in [0.15, 0.2) is 54.9 Å². The Morgan fingerprint density at radius 2 is 1.76 bits per heavy atom. The molecule has 0 N–H and O–H groups in total. The lowest BCUT2D eigenvalue weighted by Gasteiger charge is -2.41. The summed E-state index contributed by atoms with van der Waals surface area (Å²) in [5.74, 6) is -0.128. The molecule has 0 radical (unpaired) electrons. The van der Waals surface area contributed by atoms with Crippen LogP contribution in [0.2, 0.25) is 0 Å². The van der Waals surface area contributed by atoms with E-state index in [1.807, 2.05) is 25.1 Å². The van der Waals surface area contributed by atoms with E-state index in [2.05, 4.69) is 4.98 Å². The molecule has 1 saturated heterocycles. The number of benzene rings is 1. The standard InChI is InChI=1S/C18H21N3O3S/c1-14(15-8-10-19-11-9-15)20(2)25(23,24)17-12-21(13-17)18(22)16-6-4-3-5-7-16/h3-11,14,17H,12-13H2,1-2H3/t14-/m0/s1. The normalized spacial score (nSPS) is 16.5. The highest BCUT2D eigenvalue weighted by atomic mass is 32.2. The molecular weight excluding hydrogens is 338 g/mol. The van der Waals surface area contributed by atoms with Gasteiger partial charge in [-0.15, -0.1) is 0 Å². The fourth-order valence-corrected chi connectivity index (χ4v) is 4.63. The van der Waals surface area contributed by atoms with Crippen LogP contribution in [0.4, 0.5) is 0 Å². The third-order valence-corrected chi connectivity index (χ3v) is 6.97. The molecule has 0 bridgehead atoms. The highest BCUT2D eigenvalue weighted by molar-refractivity contribution is 7.89. The van der Waals surface area contributed by atoms with Crippen molar-refractivity contribution in [1.29, 1.82) is 0 Å². The smallest absolute Gasteiger partial charge is 0.253 e. The Labute approximate surface area is 148 Å². The van der Waals surface area contributed by atoms with Gasteiger partial charge in [-0.2, -0.15) is 4.31 Å². The molecule has 1 aromatic heterocycles. The number of aromatic nitrogens is 1. The second kappa shape index (κ2) is 6.93. The molecule has 2 aromatic rings. The summed E-state index contributed by atoms with van der Waals surface area (Å²) in [5, 5.41) is -0.561. The Balaban J connectivity index is 1.66. The number of likely N-dealkylation sites (tertiary alicyclic amines) is 1. The van der Waals surface area contributed by atoms with Gasteiger partial charge in [0.2, 0.25) is 10.0 Å². The van der Waals surface area contributed by atoms with Gasteiger partial charge in [0, 0.05) is 44.1 Å². The Morgan fingerprint density at radius 1 is 1.16 bits per heavy atom. The average molecular weight is 359 g/mol. The highest BCUT2D eigenvalue weighted by Gasteiger charge is 2.43. The van der Waals surface area contributed by atoms with Gasteiger partial charge in [-0.05, 0) is 36.8 Å².